The van der Waals surface area contributed by atoms with E-state index in [0.717, 1.165) is 39.0 Å². The van der Waals surface area contributed by atoms with Crippen LogP contribution in [0.2, 0.25) is 0 Å². The first kappa shape index (κ1) is 17.7. The minimum atomic E-state index is 0. The zero-order chi connectivity index (χ0) is 13.7. The molecule has 1 aliphatic heterocycles. The highest BCUT2D eigenvalue weighted by Gasteiger charge is 2.31. The van der Waals surface area contributed by atoms with Crippen molar-refractivity contribution >= 4 is 18.3 Å². The van der Waals surface area contributed by atoms with Crippen LogP contribution >= 0.6 is 12.4 Å². The fourth-order valence-corrected chi connectivity index (χ4v) is 3.29. The maximum absolute atomic E-state index is 12.8. The third-order valence-electron chi connectivity index (χ3n) is 4.48. The largest absolute Gasteiger partial charge is 0.338 e. The quantitative estimate of drug-likeness (QED) is 0.840. The van der Waals surface area contributed by atoms with Crippen molar-refractivity contribution in [1.29, 1.82) is 0 Å². The summed E-state index contributed by atoms with van der Waals surface area (Å²) in [5.74, 6) is 0.623. The Kier molecular flexibility index (Phi) is 7.85. The maximum atomic E-state index is 12.8. The lowest BCUT2D eigenvalue weighted by Gasteiger charge is -2.34. The summed E-state index contributed by atoms with van der Waals surface area (Å²) in [4.78, 5) is 17.1. The molecule has 20 heavy (non-hydrogen) atoms. The smallest absolute Gasteiger partial charge is 0.227 e. The number of carbonyl (C=O) groups excluding carboxylic acids is 1. The highest BCUT2D eigenvalue weighted by atomic mass is 35.5. The summed E-state index contributed by atoms with van der Waals surface area (Å²) in [5.41, 5.74) is 0. The monoisotopic (exact) mass is 303 g/mol. The second-order valence-electron chi connectivity index (χ2n) is 6.32. The number of hydrogen-bond donors (Lipinski definition) is 1. The summed E-state index contributed by atoms with van der Waals surface area (Å²) < 4.78 is 0. The first-order chi connectivity index (χ1) is 9.18. The second-order valence-corrected chi connectivity index (χ2v) is 6.32. The van der Waals surface area contributed by atoms with Crippen molar-refractivity contribution in [2.45, 2.75) is 44.6 Å². The van der Waals surface area contributed by atoms with Crippen molar-refractivity contribution in [3.63, 3.8) is 0 Å². The van der Waals surface area contributed by atoms with Crippen LogP contribution in [0.1, 0.15) is 38.5 Å². The predicted molar refractivity (Wildman–Crippen MR) is 85.4 cm³/mol. The molecule has 0 aromatic rings. The van der Waals surface area contributed by atoms with E-state index in [-0.39, 0.29) is 18.3 Å². The van der Waals surface area contributed by atoms with Crippen LogP contribution in [0, 0.1) is 5.92 Å². The first-order valence-electron chi connectivity index (χ1n) is 7.84. The molecule has 1 saturated carbocycles. The Morgan fingerprint density at radius 2 is 1.80 bits per heavy atom. The maximum Gasteiger partial charge on any atom is 0.227 e. The van der Waals surface area contributed by atoms with Gasteiger partial charge in [-0.3, -0.25) is 4.79 Å². The van der Waals surface area contributed by atoms with E-state index in [2.05, 4.69) is 29.2 Å². The lowest BCUT2D eigenvalue weighted by Crippen LogP contribution is -2.48. The summed E-state index contributed by atoms with van der Waals surface area (Å²) in [7, 11) is 4.17. The SMILES string of the molecule is CN(C)CCN(C(=O)C1CCCNC1)C1CCCC1.Cl. The van der Waals surface area contributed by atoms with E-state index in [9.17, 15) is 4.79 Å². The summed E-state index contributed by atoms with van der Waals surface area (Å²) in [6.07, 6.45) is 7.21. The van der Waals surface area contributed by atoms with Crippen molar-refractivity contribution in [3.05, 3.63) is 0 Å². The number of nitrogens with zero attached hydrogens (tertiary/aromatic N) is 2. The lowest BCUT2D eigenvalue weighted by atomic mass is 9.97. The highest BCUT2D eigenvalue weighted by Crippen LogP contribution is 2.26. The molecular weight excluding hydrogens is 274 g/mol. The van der Waals surface area contributed by atoms with Crippen LogP contribution in [0.5, 0.6) is 0 Å². The summed E-state index contributed by atoms with van der Waals surface area (Å²) >= 11 is 0. The van der Waals surface area contributed by atoms with Gasteiger partial charge < -0.3 is 15.1 Å². The Hall–Kier alpha value is -0.320. The Bertz CT molecular complexity index is 287. The zero-order valence-electron chi connectivity index (χ0n) is 12.9. The fourth-order valence-electron chi connectivity index (χ4n) is 3.29. The van der Waals surface area contributed by atoms with Crippen molar-refractivity contribution in [1.82, 2.24) is 15.1 Å². The fraction of sp³-hybridized carbons (Fsp3) is 0.933. The van der Waals surface area contributed by atoms with E-state index < -0.39 is 0 Å². The molecule has 118 valence electrons. The summed E-state index contributed by atoms with van der Waals surface area (Å²) in [5, 5.41) is 3.37. The molecule has 0 bridgehead atoms. The van der Waals surface area contributed by atoms with E-state index in [1.165, 1.54) is 25.7 Å². The van der Waals surface area contributed by atoms with Gasteiger partial charge in [0.2, 0.25) is 5.91 Å². The van der Waals surface area contributed by atoms with E-state index in [1.54, 1.807) is 0 Å². The Morgan fingerprint density at radius 3 is 2.35 bits per heavy atom. The molecule has 1 saturated heterocycles. The van der Waals surface area contributed by atoms with Crippen LogP contribution < -0.4 is 5.32 Å². The van der Waals surface area contributed by atoms with Crippen molar-refractivity contribution in [2.75, 3.05) is 40.3 Å². The van der Waals surface area contributed by atoms with Crippen LogP contribution in [-0.2, 0) is 4.79 Å². The third kappa shape index (κ3) is 4.90. The standard InChI is InChI=1S/C15H29N3O.ClH/c1-17(2)10-11-18(14-7-3-4-8-14)15(19)13-6-5-9-16-12-13;/h13-14,16H,3-12H2,1-2H3;1H. The van der Waals surface area contributed by atoms with Gasteiger partial charge in [0, 0.05) is 25.7 Å². The zero-order valence-corrected chi connectivity index (χ0v) is 13.8. The van der Waals surface area contributed by atoms with Gasteiger partial charge in [-0.05, 0) is 46.3 Å². The molecule has 1 atom stereocenters. The Labute approximate surface area is 129 Å². The number of piperidine rings is 1. The van der Waals surface area contributed by atoms with Crippen molar-refractivity contribution < 1.29 is 4.79 Å². The molecule has 0 aromatic heterocycles. The predicted octanol–water partition coefficient (Wildman–Crippen LogP) is 1.74. The van der Waals surface area contributed by atoms with Crippen LogP contribution in [0.3, 0.4) is 0 Å². The molecular formula is C15H30ClN3O. The Morgan fingerprint density at radius 1 is 1.10 bits per heavy atom. The van der Waals surface area contributed by atoms with E-state index in [4.69, 9.17) is 0 Å². The molecule has 2 aliphatic rings. The molecule has 0 aromatic carbocycles. The third-order valence-corrected chi connectivity index (χ3v) is 4.48. The molecule has 1 N–H and O–H groups in total. The number of carbonyl (C=O) groups is 1. The van der Waals surface area contributed by atoms with Crippen LogP contribution in [0.25, 0.3) is 0 Å². The second kappa shape index (κ2) is 8.85. The van der Waals surface area contributed by atoms with E-state index in [0.29, 0.717) is 11.9 Å². The topological polar surface area (TPSA) is 35.6 Å². The van der Waals surface area contributed by atoms with Crippen LogP contribution in [-0.4, -0.2) is 62.0 Å². The number of amides is 1. The molecule has 0 radical (unpaired) electrons. The van der Waals surface area contributed by atoms with Gasteiger partial charge in [0.15, 0.2) is 0 Å². The first-order valence-corrected chi connectivity index (χ1v) is 7.84. The number of likely N-dealkylation sites (N-methyl/N-ethyl adjacent to an activating group) is 1. The number of hydrogen-bond acceptors (Lipinski definition) is 3. The molecule has 1 heterocycles. The van der Waals surface area contributed by atoms with Crippen LogP contribution in [0.15, 0.2) is 0 Å². The summed E-state index contributed by atoms with van der Waals surface area (Å²) in [6.45, 7) is 3.82. The number of halogens is 1. The van der Waals surface area contributed by atoms with Gasteiger partial charge in [0.05, 0.1) is 5.92 Å². The molecule has 2 fully saturated rings. The van der Waals surface area contributed by atoms with E-state index >= 15 is 0 Å². The van der Waals surface area contributed by atoms with Gasteiger partial charge in [-0.15, -0.1) is 12.4 Å². The number of rotatable bonds is 5. The molecule has 1 unspecified atom stereocenters. The Balaban J connectivity index is 0.00000200. The van der Waals surface area contributed by atoms with Gasteiger partial charge in [-0.1, -0.05) is 12.8 Å². The van der Waals surface area contributed by atoms with E-state index in [1.807, 2.05) is 0 Å². The normalized spacial score (nSPS) is 23.6. The molecule has 5 heteroatoms. The highest BCUT2D eigenvalue weighted by molar-refractivity contribution is 5.85. The van der Waals surface area contributed by atoms with Gasteiger partial charge in [0.1, 0.15) is 0 Å². The summed E-state index contributed by atoms with van der Waals surface area (Å²) in [6, 6.07) is 0.509. The molecule has 0 spiro atoms. The molecule has 4 nitrogen and oxygen atoms in total. The molecule has 2 rings (SSSR count). The van der Waals surface area contributed by atoms with Crippen molar-refractivity contribution in [3.8, 4) is 0 Å². The average Bonchev–Trinajstić information content (AvgIpc) is 2.93. The van der Waals surface area contributed by atoms with Gasteiger partial charge >= 0.3 is 0 Å². The lowest BCUT2D eigenvalue weighted by molar-refractivity contribution is -0.138. The minimum Gasteiger partial charge on any atom is -0.338 e. The van der Waals surface area contributed by atoms with Crippen molar-refractivity contribution in [2.24, 2.45) is 5.92 Å². The molecule has 1 amide bonds. The van der Waals surface area contributed by atoms with Gasteiger partial charge in [0.25, 0.3) is 0 Å². The van der Waals surface area contributed by atoms with Gasteiger partial charge in [-0.2, -0.15) is 0 Å². The number of nitrogens with one attached hydrogen (secondary N) is 1. The molecule has 1 aliphatic carbocycles. The minimum absolute atomic E-state index is 0. The van der Waals surface area contributed by atoms with Gasteiger partial charge in [-0.25, -0.2) is 0 Å². The average molecular weight is 304 g/mol. The van der Waals surface area contributed by atoms with Crippen LogP contribution in [0.4, 0.5) is 0 Å².